The Kier molecular flexibility index (Phi) is 3.67. The van der Waals surface area contributed by atoms with E-state index in [1.165, 1.54) is 17.7 Å². The highest BCUT2D eigenvalue weighted by atomic mass is 32.1. The van der Waals surface area contributed by atoms with Crippen LogP contribution in [-0.2, 0) is 0 Å². The number of hydrogen-bond acceptors (Lipinski definition) is 5. The number of aromatic nitrogens is 2. The van der Waals surface area contributed by atoms with E-state index in [2.05, 4.69) is 9.97 Å². The van der Waals surface area contributed by atoms with Crippen molar-refractivity contribution < 1.29 is 9.21 Å². The number of hydrogen-bond donors (Lipinski definition) is 0. The van der Waals surface area contributed by atoms with Crippen LogP contribution in [-0.4, -0.2) is 27.3 Å². The summed E-state index contributed by atoms with van der Waals surface area (Å²) in [5.74, 6) is 0.492. The van der Waals surface area contributed by atoms with E-state index in [9.17, 15) is 4.79 Å². The molecule has 116 valence electrons. The summed E-state index contributed by atoms with van der Waals surface area (Å²) < 4.78 is 5.47. The Bertz CT molecular complexity index is 798. The van der Waals surface area contributed by atoms with Crippen molar-refractivity contribution in [1.29, 1.82) is 0 Å². The molecule has 4 heterocycles. The maximum absolute atomic E-state index is 13.0. The molecule has 0 aromatic carbocycles. The van der Waals surface area contributed by atoms with Crippen molar-refractivity contribution >= 4 is 17.2 Å². The van der Waals surface area contributed by atoms with Crippen molar-refractivity contribution in [3.8, 4) is 10.6 Å². The van der Waals surface area contributed by atoms with E-state index in [-0.39, 0.29) is 11.9 Å². The van der Waals surface area contributed by atoms with Gasteiger partial charge in [0, 0.05) is 18.9 Å². The van der Waals surface area contributed by atoms with Gasteiger partial charge in [0.1, 0.15) is 0 Å². The Morgan fingerprint density at radius 3 is 2.96 bits per heavy atom. The minimum Gasteiger partial charge on any atom is -0.442 e. The van der Waals surface area contributed by atoms with Gasteiger partial charge in [-0.2, -0.15) is 0 Å². The first-order chi connectivity index (χ1) is 11.3. The zero-order valence-electron chi connectivity index (χ0n) is 12.4. The van der Waals surface area contributed by atoms with Crippen molar-refractivity contribution in [3.05, 3.63) is 59.7 Å². The summed E-state index contributed by atoms with van der Waals surface area (Å²) in [5, 5.41) is 1.96. The van der Waals surface area contributed by atoms with Crippen LogP contribution in [0.1, 0.15) is 34.9 Å². The molecule has 6 heteroatoms. The van der Waals surface area contributed by atoms with Crippen LogP contribution in [0.25, 0.3) is 10.6 Å². The predicted molar refractivity (Wildman–Crippen MR) is 87.1 cm³/mol. The monoisotopic (exact) mass is 325 g/mol. The summed E-state index contributed by atoms with van der Waals surface area (Å²) in [5.41, 5.74) is 1.51. The van der Waals surface area contributed by atoms with E-state index in [0.717, 1.165) is 29.8 Å². The molecular formula is C17H15N3O2S. The van der Waals surface area contributed by atoms with Gasteiger partial charge >= 0.3 is 0 Å². The Balaban J connectivity index is 1.66. The lowest BCUT2D eigenvalue weighted by Gasteiger charge is -2.24. The van der Waals surface area contributed by atoms with Crippen molar-refractivity contribution in [2.75, 3.05) is 6.54 Å². The fourth-order valence-electron chi connectivity index (χ4n) is 3.06. The second kappa shape index (κ2) is 5.96. The van der Waals surface area contributed by atoms with Gasteiger partial charge in [-0.1, -0.05) is 6.07 Å². The lowest BCUT2D eigenvalue weighted by Crippen LogP contribution is -2.31. The van der Waals surface area contributed by atoms with Crippen LogP contribution in [0.3, 0.4) is 0 Å². The molecular weight excluding hydrogens is 310 g/mol. The third kappa shape index (κ3) is 2.55. The maximum atomic E-state index is 13.0. The molecule has 0 spiro atoms. The topological polar surface area (TPSA) is 59.2 Å². The largest absolute Gasteiger partial charge is 0.442 e. The van der Waals surface area contributed by atoms with Crippen LogP contribution in [0, 0.1) is 0 Å². The molecule has 4 rings (SSSR count). The lowest BCUT2D eigenvalue weighted by atomic mass is 10.1. The molecule has 0 unspecified atom stereocenters. The minimum absolute atomic E-state index is 0.0681. The number of nitrogens with zero attached hydrogens (tertiary/aromatic N) is 3. The van der Waals surface area contributed by atoms with Crippen molar-refractivity contribution in [2.45, 2.75) is 18.9 Å². The fourth-order valence-corrected chi connectivity index (χ4v) is 3.77. The molecule has 3 aromatic heterocycles. The van der Waals surface area contributed by atoms with Crippen LogP contribution >= 0.6 is 11.3 Å². The molecule has 1 fully saturated rings. The number of carbonyl (C=O) groups excluding carboxylic acids is 1. The first kappa shape index (κ1) is 14.1. The van der Waals surface area contributed by atoms with Crippen molar-refractivity contribution in [3.63, 3.8) is 0 Å². The number of amides is 1. The summed E-state index contributed by atoms with van der Waals surface area (Å²) in [6.07, 6.45) is 6.83. The molecule has 5 nitrogen and oxygen atoms in total. The number of likely N-dealkylation sites (tertiary alicyclic amines) is 1. The van der Waals surface area contributed by atoms with E-state index in [0.29, 0.717) is 11.5 Å². The summed E-state index contributed by atoms with van der Waals surface area (Å²) in [6, 6.07) is 7.90. The Labute approximate surface area is 137 Å². The van der Waals surface area contributed by atoms with Gasteiger partial charge in [-0.3, -0.25) is 9.78 Å². The average Bonchev–Trinajstić information content (AvgIpc) is 3.34. The molecule has 0 aliphatic carbocycles. The first-order valence-electron chi connectivity index (χ1n) is 7.53. The molecule has 23 heavy (non-hydrogen) atoms. The predicted octanol–water partition coefficient (Wildman–Crippen LogP) is 3.78. The lowest BCUT2D eigenvalue weighted by molar-refractivity contribution is 0.0730. The zero-order chi connectivity index (χ0) is 15.6. The van der Waals surface area contributed by atoms with E-state index >= 15 is 0 Å². The molecule has 1 aliphatic rings. The van der Waals surface area contributed by atoms with Crippen LogP contribution in [0.5, 0.6) is 0 Å². The van der Waals surface area contributed by atoms with Gasteiger partial charge in [-0.05, 0) is 42.0 Å². The van der Waals surface area contributed by atoms with Crippen LogP contribution < -0.4 is 0 Å². The fraction of sp³-hybridized carbons (Fsp3) is 0.235. The van der Waals surface area contributed by atoms with Crippen LogP contribution in [0.4, 0.5) is 0 Å². The van der Waals surface area contributed by atoms with Gasteiger partial charge in [-0.15, -0.1) is 11.3 Å². The molecule has 0 saturated carbocycles. The number of rotatable bonds is 3. The number of carbonyl (C=O) groups is 1. The van der Waals surface area contributed by atoms with E-state index < -0.39 is 0 Å². The van der Waals surface area contributed by atoms with Gasteiger partial charge in [0.2, 0.25) is 0 Å². The normalized spacial score (nSPS) is 17.6. The first-order valence-corrected chi connectivity index (χ1v) is 8.41. The summed E-state index contributed by atoms with van der Waals surface area (Å²) >= 11 is 1.54. The highest BCUT2D eigenvalue weighted by Crippen LogP contribution is 2.35. The summed E-state index contributed by atoms with van der Waals surface area (Å²) in [7, 11) is 0. The highest BCUT2D eigenvalue weighted by molar-refractivity contribution is 7.13. The Hall–Kier alpha value is -2.47. The Morgan fingerprint density at radius 2 is 2.17 bits per heavy atom. The molecule has 1 amide bonds. The quantitative estimate of drug-likeness (QED) is 0.735. The number of oxazole rings is 1. The van der Waals surface area contributed by atoms with E-state index in [1.807, 2.05) is 34.5 Å². The summed E-state index contributed by atoms with van der Waals surface area (Å²) in [6.45, 7) is 0.739. The summed E-state index contributed by atoms with van der Waals surface area (Å²) in [4.78, 5) is 24.1. The van der Waals surface area contributed by atoms with Crippen molar-refractivity contribution in [2.24, 2.45) is 0 Å². The van der Waals surface area contributed by atoms with Gasteiger partial charge < -0.3 is 9.32 Å². The molecule has 1 aliphatic heterocycles. The maximum Gasteiger partial charge on any atom is 0.277 e. The van der Waals surface area contributed by atoms with Crippen molar-refractivity contribution in [1.82, 2.24) is 14.9 Å². The molecule has 3 aromatic rings. The molecule has 1 saturated heterocycles. The highest BCUT2D eigenvalue weighted by Gasteiger charge is 2.33. The standard InChI is InChI=1S/C17H15N3O2S/c21-17(15-16(22-11-19-15)14-4-2-10-23-14)20-9-1-3-13(20)12-5-7-18-8-6-12/h2,4-8,10-11,13H,1,3,9H2/t13-/m0/s1. The third-order valence-corrected chi connectivity index (χ3v) is 4.99. The minimum atomic E-state index is -0.0681. The third-order valence-electron chi connectivity index (χ3n) is 4.12. The van der Waals surface area contributed by atoms with Gasteiger partial charge in [0.15, 0.2) is 17.8 Å². The smallest absolute Gasteiger partial charge is 0.277 e. The SMILES string of the molecule is O=C(c1ncoc1-c1cccs1)N1CCC[C@H]1c1ccncc1. The molecule has 0 radical (unpaired) electrons. The second-order valence-electron chi connectivity index (χ2n) is 5.44. The molecule has 0 bridgehead atoms. The van der Waals surface area contributed by atoms with E-state index in [1.54, 1.807) is 12.4 Å². The molecule has 1 atom stereocenters. The number of thiophene rings is 1. The average molecular weight is 325 g/mol. The second-order valence-corrected chi connectivity index (χ2v) is 6.39. The Morgan fingerprint density at radius 1 is 1.30 bits per heavy atom. The zero-order valence-corrected chi connectivity index (χ0v) is 13.2. The van der Waals surface area contributed by atoms with Crippen LogP contribution in [0.2, 0.25) is 0 Å². The van der Waals surface area contributed by atoms with E-state index in [4.69, 9.17) is 4.42 Å². The number of pyridine rings is 1. The molecule has 0 N–H and O–H groups in total. The van der Waals surface area contributed by atoms with Crippen LogP contribution in [0.15, 0.2) is 52.9 Å². The van der Waals surface area contributed by atoms with Gasteiger partial charge in [0.25, 0.3) is 5.91 Å². The van der Waals surface area contributed by atoms with Gasteiger partial charge in [-0.25, -0.2) is 4.98 Å². The van der Waals surface area contributed by atoms with Gasteiger partial charge in [0.05, 0.1) is 10.9 Å².